The standard InChI is InChI=1S/C20H21N5O/c1-24-9-11-25(12-10-24)20(26)15-5-4-6-16(13-15)23-19-17-7-2-3-8-18(17)21-14-22-19/h2-8,13-14H,9-12H2,1H3,(H,21,22,23). The predicted octanol–water partition coefficient (Wildman–Crippen LogP) is 2.76. The zero-order valence-corrected chi connectivity index (χ0v) is 14.7. The van der Waals surface area contributed by atoms with Gasteiger partial charge >= 0.3 is 0 Å². The van der Waals surface area contributed by atoms with Gasteiger partial charge in [0.2, 0.25) is 0 Å². The molecule has 2 aromatic carbocycles. The van der Waals surface area contributed by atoms with Crippen molar-refractivity contribution >= 4 is 28.3 Å². The number of para-hydroxylation sites is 1. The van der Waals surface area contributed by atoms with Crippen molar-refractivity contribution in [1.29, 1.82) is 0 Å². The second-order valence-electron chi connectivity index (χ2n) is 6.54. The maximum absolute atomic E-state index is 12.8. The number of hydrogen-bond donors (Lipinski definition) is 1. The first-order chi connectivity index (χ1) is 12.7. The summed E-state index contributed by atoms with van der Waals surface area (Å²) in [4.78, 5) is 25.6. The van der Waals surface area contributed by atoms with Crippen molar-refractivity contribution in [2.45, 2.75) is 0 Å². The molecule has 1 aromatic heterocycles. The molecule has 1 N–H and O–H groups in total. The second-order valence-corrected chi connectivity index (χ2v) is 6.54. The summed E-state index contributed by atoms with van der Waals surface area (Å²) >= 11 is 0. The van der Waals surface area contributed by atoms with E-state index in [2.05, 4.69) is 27.2 Å². The van der Waals surface area contributed by atoms with E-state index in [4.69, 9.17) is 0 Å². The Labute approximate surface area is 152 Å². The minimum atomic E-state index is 0.0781. The molecule has 3 aromatic rings. The molecule has 4 rings (SSSR count). The molecule has 1 aliphatic rings. The van der Waals surface area contributed by atoms with Crippen LogP contribution in [0.5, 0.6) is 0 Å². The van der Waals surface area contributed by atoms with Crippen molar-refractivity contribution in [3.8, 4) is 0 Å². The van der Waals surface area contributed by atoms with E-state index in [1.165, 1.54) is 0 Å². The Morgan fingerprint density at radius 1 is 1.00 bits per heavy atom. The van der Waals surface area contributed by atoms with Crippen LogP contribution in [0.15, 0.2) is 54.9 Å². The molecule has 1 fully saturated rings. The summed E-state index contributed by atoms with van der Waals surface area (Å²) in [5.74, 6) is 0.814. The van der Waals surface area contributed by atoms with Gasteiger partial charge in [-0.1, -0.05) is 18.2 Å². The number of aromatic nitrogens is 2. The molecule has 6 nitrogen and oxygen atoms in total. The lowest BCUT2D eigenvalue weighted by molar-refractivity contribution is 0.0664. The molecule has 26 heavy (non-hydrogen) atoms. The molecule has 132 valence electrons. The molecular formula is C20H21N5O. The maximum Gasteiger partial charge on any atom is 0.254 e. The Bertz CT molecular complexity index is 929. The molecule has 2 heterocycles. The fourth-order valence-corrected chi connectivity index (χ4v) is 3.16. The quantitative estimate of drug-likeness (QED) is 0.789. The fourth-order valence-electron chi connectivity index (χ4n) is 3.16. The highest BCUT2D eigenvalue weighted by molar-refractivity contribution is 5.96. The van der Waals surface area contributed by atoms with Gasteiger partial charge in [-0.05, 0) is 37.4 Å². The lowest BCUT2D eigenvalue weighted by Crippen LogP contribution is -2.47. The Balaban J connectivity index is 1.57. The molecule has 1 aliphatic heterocycles. The summed E-state index contributed by atoms with van der Waals surface area (Å²) in [5.41, 5.74) is 2.42. The number of benzene rings is 2. The number of amides is 1. The normalized spacial score (nSPS) is 15.2. The lowest BCUT2D eigenvalue weighted by Gasteiger charge is -2.32. The van der Waals surface area contributed by atoms with Crippen LogP contribution in [-0.4, -0.2) is 58.9 Å². The summed E-state index contributed by atoms with van der Waals surface area (Å²) in [6.45, 7) is 3.36. The summed E-state index contributed by atoms with van der Waals surface area (Å²) in [6.07, 6.45) is 1.55. The Morgan fingerprint density at radius 3 is 2.65 bits per heavy atom. The number of anilines is 2. The number of hydrogen-bond acceptors (Lipinski definition) is 5. The topological polar surface area (TPSA) is 61.4 Å². The van der Waals surface area contributed by atoms with Crippen molar-refractivity contribution in [3.63, 3.8) is 0 Å². The number of fused-ring (bicyclic) bond motifs is 1. The van der Waals surface area contributed by atoms with Crippen LogP contribution in [0.3, 0.4) is 0 Å². The summed E-state index contributed by atoms with van der Waals surface area (Å²) in [6, 6.07) is 15.4. The first kappa shape index (κ1) is 16.5. The third-order valence-corrected chi connectivity index (χ3v) is 4.71. The number of likely N-dealkylation sites (N-methyl/N-ethyl adjacent to an activating group) is 1. The predicted molar refractivity (Wildman–Crippen MR) is 103 cm³/mol. The number of rotatable bonds is 3. The van der Waals surface area contributed by atoms with Crippen LogP contribution < -0.4 is 5.32 Å². The molecule has 0 radical (unpaired) electrons. The molecule has 0 spiro atoms. The van der Waals surface area contributed by atoms with E-state index in [1.807, 2.05) is 53.4 Å². The third kappa shape index (κ3) is 3.36. The van der Waals surface area contributed by atoms with Crippen LogP contribution >= 0.6 is 0 Å². The first-order valence-corrected chi connectivity index (χ1v) is 8.75. The summed E-state index contributed by atoms with van der Waals surface area (Å²) < 4.78 is 0. The highest BCUT2D eigenvalue weighted by atomic mass is 16.2. The number of nitrogens with zero attached hydrogens (tertiary/aromatic N) is 4. The number of carbonyl (C=O) groups is 1. The summed E-state index contributed by atoms with van der Waals surface area (Å²) in [5, 5.41) is 4.27. The minimum Gasteiger partial charge on any atom is -0.340 e. The molecule has 0 aliphatic carbocycles. The average molecular weight is 347 g/mol. The fraction of sp³-hybridized carbons (Fsp3) is 0.250. The van der Waals surface area contributed by atoms with Crippen molar-refractivity contribution in [1.82, 2.24) is 19.8 Å². The van der Waals surface area contributed by atoms with Gasteiger partial charge in [-0.15, -0.1) is 0 Å². The van der Waals surface area contributed by atoms with Gasteiger partial charge in [0.15, 0.2) is 0 Å². The monoisotopic (exact) mass is 347 g/mol. The van der Waals surface area contributed by atoms with Gasteiger partial charge in [-0.25, -0.2) is 9.97 Å². The molecule has 0 bridgehead atoms. The lowest BCUT2D eigenvalue weighted by atomic mass is 10.1. The zero-order valence-electron chi connectivity index (χ0n) is 14.7. The summed E-state index contributed by atoms with van der Waals surface area (Å²) in [7, 11) is 2.08. The van der Waals surface area contributed by atoms with Gasteiger partial charge < -0.3 is 15.1 Å². The van der Waals surface area contributed by atoms with Crippen LogP contribution in [-0.2, 0) is 0 Å². The van der Waals surface area contributed by atoms with Gasteiger partial charge in [0.05, 0.1) is 5.52 Å². The first-order valence-electron chi connectivity index (χ1n) is 8.75. The van der Waals surface area contributed by atoms with Crippen molar-refractivity contribution in [3.05, 3.63) is 60.4 Å². The van der Waals surface area contributed by atoms with Crippen molar-refractivity contribution in [2.75, 3.05) is 38.5 Å². The van der Waals surface area contributed by atoms with Gasteiger partial charge in [-0.3, -0.25) is 4.79 Å². The molecular weight excluding hydrogens is 326 g/mol. The van der Waals surface area contributed by atoms with Crippen LogP contribution in [0.1, 0.15) is 10.4 Å². The molecule has 1 saturated heterocycles. The van der Waals surface area contributed by atoms with E-state index < -0.39 is 0 Å². The van der Waals surface area contributed by atoms with Crippen molar-refractivity contribution < 1.29 is 4.79 Å². The van der Waals surface area contributed by atoms with Gasteiger partial charge in [0, 0.05) is 42.8 Å². The van der Waals surface area contributed by atoms with Crippen LogP contribution in [0.2, 0.25) is 0 Å². The van der Waals surface area contributed by atoms with Gasteiger partial charge in [0.1, 0.15) is 12.1 Å². The molecule has 0 atom stereocenters. The largest absolute Gasteiger partial charge is 0.340 e. The molecule has 0 saturated carbocycles. The number of piperazine rings is 1. The van der Waals surface area contributed by atoms with Gasteiger partial charge in [-0.2, -0.15) is 0 Å². The van der Waals surface area contributed by atoms with E-state index in [0.29, 0.717) is 5.56 Å². The SMILES string of the molecule is CN1CCN(C(=O)c2cccc(Nc3ncnc4ccccc34)c2)CC1. The Kier molecular flexibility index (Phi) is 4.50. The third-order valence-electron chi connectivity index (χ3n) is 4.71. The highest BCUT2D eigenvalue weighted by Gasteiger charge is 2.20. The second kappa shape index (κ2) is 7.09. The van der Waals surface area contributed by atoms with E-state index in [0.717, 1.165) is 48.6 Å². The van der Waals surface area contributed by atoms with Crippen LogP contribution in [0.4, 0.5) is 11.5 Å². The van der Waals surface area contributed by atoms with Gasteiger partial charge in [0.25, 0.3) is 5.91 Å². The number of nitrogens with one attached hydrogen (secondary N) is 1. The van der Waals surface area contributed by atoms with E-state index in [1.54, 1.807) is 6.33 Å². The average Bonchev–Trinajstić information content (AvgIpc) is 2.69. The maximum atomic E-state index is 12.8. The highest BCUT2D eigenvalue weighted by Crippen LogP contribution is 2.23. The Morgan fingerprint density at radius 2 is 1.81 bits per heavy atom. The molecule has 6 heteroatoms. The molecule has 1 amide bonds. The Hall–Kier alpha value is -2.99. The van der Waals surface area contributed by atoms with Crippen LogP contribution in [0.25, 0.3) is 10.9 Å². The minimum absolute atomic E-state index is 0.0781. The van der Waals surface area contributed by atoms with E-state index >= 15 is 0 Å². The number of carbonyl (C=O) groups excluding carboxylic acids is 1. The zero-order chi connectivity index (χ0) is 17.9. The molecule has 0 unspecified atom stereocenters. The van der Waals surface area contributed by atoms with Crippen LogP contribution in [0, 0.1) is 0 Å². The smallest absolute Gasteiger partial charge is 0.254 e. The van der Waals surface area contributed by atoms with E-state index in [-0.39, 0.29) is 5.91 Å². The van der Waals surface area contributed by atoms with E-state index in [9.17, 15) is 4.79 Å². The van der Waals surface area contributed by atoms with Crippen molar-refractivity contribution in [2.24, 2.45) is 0 Å².